The fraction of sp³-hybridized carbons (Fsp3) is 0.533. The van der Waals surface area contributed by atoms with Gasteiger partial charge in [-0.1, -0.05) is 39.8 Å². The molecule has 1 unspecified atom stereocenters. The minimum absolute atomic E-state index is 0.0288. The van der Waals surface area contributed by atoms with E-state index in [4.69, 9.17) is 0 Å². The van der Waals surface area contributed by atoms with Gasteiger partial charge in [-0.15, -0.1) is 0 Å². The van der Waals surface area contributed by atoms with Crippen LogP contribution in [0.2, 0.25) is 0 Å². The molecule has 2 nitrogen and oxygen atoms in total. The number of carbonyl (C=O) groups excluding carboxylic acids is 1. The van der Waals surface area contributed by atoms with Gasteiger partial charge in [0.25, 0.3) is 0 Å². The number of phenolic OH excluding ortho intramolecular Hbond substituents is 1. The Morgan fingerprint density at radius 2 is 1.88 bits per heavy atom. The third-order valence-electron chi connectivity index (χ3n) is 2.89. The molecule has 0 bridgehead atoms. The van der Waals surface area contributed by atoms with Gasteiger partial charge in [-0.3, -0.25) is 4.79 Å². The largest absolute Gasteiger partial charge is 0.508 e. The number of hydrogen-bond acceptors (Lipinski definition) is 2. The van der Waals surface area contributed by atoms with Crippen LogP contribution in [0.5, 0.6) is 5.75 Å². The summed E-state index contributed by atoms with van der Waals surface area (Å²) in [5.41, 5.74) is 0.928. The van der Waals surface area contributed by atoms with Crippen LogP contribution < -0.4 is 0 Å². The smallest absolute Gasteiger partial charge is 0.142 e. The number of hydrogen-bond donors (Lipinski definition) is 1. The predicted molar refractivity (Wildman–Crippen MR) is 70.1 cm³/mol. The zero-order chi connectivity index (χ0) is 13.0. The van der Waals surface area contributed by atoms with Gasteiger partial charge in [-0.2, -0.15) is 0 Å². The Kier molecular flexibility index (Phi) is 4.73. The highest BCUT2D eigenvalue weighted by Gasteiger charge is 2.24. The van der Waals surface area contributed by atoms with Crippen LogP contribution in [0.15, 0.2) is 24.3 Å². The van der Waals surface area contributed by atoms with Gasteiger partial charge in [0.05, 0.1) is 0 Å². The zero-order valence-corrected chi connectivity index (χ0v) is 11.1. The molecule has 0 fully saturated rings. The van der Waals surface area contributed by atoms with Crippen molar-refractivity contribution in [3.8, 4) is 5.75 Å². The summed E-state index contributed by atoms with van der Waals surface area (Å²) >= 11 is 0. The molecule has 0 aliphatic carbocycles. The van der Waals surface area contributed by atoms with Crippen molar-refractivity contribution in [1.82, 2.24) is 0 Å². The van der Waals surface area contributed by atoms with E-state index >= 15 is 0 Å². The highest BCUT2D eigenvalue weighted by molar-refractivity contribution is 5.87. The van der Waals surface area contributed by atoms with Crippen molar-refractivity contribution in [2.24, 2.45) is 11.8 Å². The molecule has 0 radical (unpaired) electrons. The van der Waals surface area contributed by atoms with E-state index < -0.39 is 0 Å². The van der Waals surface area contributed by atoms with Gasteiger partial charge in [0, 0.05) is 11.8 Å². The lowest BCUT2D eigenvalue weighted by atomic mass is 9.83. The molecule has 2 heteroatoms. The minimum atomic E-state index is -0.0953. The number of phenols is 1. The van der Waals surface area contributed by atoms with Gasteiger partial charge in [0.1, 0.15) is 11.5 Å². The van der Waals surface area contributed by atoms with Crippen molar-refractivity contribution in [2.75, 3.05) is 0 Å². The monoisotopic (exact) mass is 234 g/mol. The van der Waals surface area contributed by atoms with Crippen LogP contribution in [-0.4, -0.2) is 10.9 Å². The standard InChI is InChI=1S/C15H22O2/c1-10(2)8-14(15(17)11(3)4)12-6-5-7-13(16)9-12/h5-7,9-11,14,16H,8H2,1-4H3. The molecule has 0 saturated heterocycles. The fourth-order valence-corrected chi connectivity index (χ4v) is 2.03. The third kappa shape index (κ3) is 3.88. The summed E-state index contributed by atoms with van der Waals surface area (Å²) in [5.74, 6) is 0.880. The van der Waals surface area contributed by atoms with E-state index in [1.165, 1.54) is 0 Å². The van der Waals surface area contributed by atoms with Crippen LogP contribution in [0.25, 0.3) is 0 Å². The van der Waals surface area contributed by atoms with Crippen LogP contribution in [0.1, 0.15) is 45.6 Å². The highest BCUT2D eigenvalue weighted by atomic mass is 16.3. The summed E-state index contributed by atoms with van der Waals surface area (Å²) in [6, 6.07) is 7.06. The summed E-state index contributed by atoms with van der Waals surface area (Å²) in [7, 11) is 0. The van der Waals surface area contributed by atoms with E-state index in [-0.39, 0.29) is 23.4 Å². The normalized spacial score (nSPS) is 13.1. The van der Waals surface area contributed by atoms with Crippen molar-refractivity contribution in [3.63, 3.8) is 0 Å². The molecule has 0 aliphatic heterocycles. The van der Waals surface area contributed by atoms with Gasteiger partial charge >= 0.3 is 0 Å². The average Bonchev–Trinajstić information content (AvgIpc) is 2.24. The SMILES string of the molecule is CC(C)CC(C(=O)C(C)C)c1cccc(O)c1. The Labute approximate surface area is 104 Å². The van der Waals surface area contributed by atoms with E-state index in [0.29, 0.717) is 5.92 Å². The molecule has 0 heterocycles. The van der Waals surface area contributed by atoms with E-state index in [1.54, 1.807) is 18.2 Å². The summed E-state index contributed by atoms with van der Waals surface area (Å²) in [6.45, 7) is 8.09. The van der Waals surface area contributed by atoms with Crippen LogP contribution in [0.3, 0.4) is 0 Å². The molecule has 0 aliphatic rings. The van der Waals surface area contributed by atoms with Crippen molar-refractivity contribution in [3.05, 3.63) is 29.8 Å². The summed E-state index contributed by atoms with van der Waals surface area (Å²) in [4.78, 5) is 12.2. The summed E-state index contributed by atoms with van der Waals surface area (Å²) < 4.78 is 0. The molecular formula is C15H22O2. The number of Topliss-reactive ketones (excluding diaryl/α,β-unsaturated/α-hetero) is 1. The van der Waals surface area contributed by atoms with E-state index in [9.17, 15) is 9.90 Å². The molecule has 0 spiro atoms. The maximum atomic E-state index is 12.2. The number of carbonyl (C=O) groups is 1. The molecule has 1 rings (SSSR count). The minimum Gasteiger partial charge on any atom is -0.508 e. The number of aromatic hydroxyl groups is 1. The molecule has 1 N–H and O–H groups in total. The predicted octanol–water partition coefficient (Wildman–Crippen LogP) is 3.75. The average molecular weight is 234 g/mol. The third-order valence-corrected chi connectivity index (χ3v) is 2.89. The van der Waals surface area contributed by atoms with E-state index in [2.05, 4.69) is 13.8 Å². The van der Waals surface area contributed by atoms with Gasteiger partial charge < -0.3 is 5.11 Å². The number of benzene rings is 1. The van der Waals surface area contributed by atoms with Crippen LogP contribution in [0.4, 0.5) is 0 Å². The van der Waals surface area contributed by atoms with E-state index in [1.807, 2.05) is 19.9 Å². The van der Waals surface area contributed by atoms with Crippen LogP contribution in [0, 0.1) is 11.8 Å². The first-order valence-electron chi connectivity index (χ1n) is 6.24. The lowest BCUT2D eigenvalue weighted by Crippen LogP contribution is -2.19. The van der Waals surface area contributed by atoms with E-state index in [0.717, 1.165) is 12.0 Å². The van der Waals surface area contributed by atoms with Gasteiger partial charge in [-0.05, 0) is 30.0 Å². The van der Waals surface area contributed by atoms with Crippen molar-refractivity contribution < 1.29 is 9.90 Å². The lowest BCUT2D eigenvalue weighted by Gasteiger charge is -2.20. The molecular weight excluding hydrogens is 212 g/mol. The van der Waals surface area contributed by atoms with Gasteiger partial charge in [0.15, 0.2) is 0 Å². The van der Waals surface area contributed by atoms with Gasteiger partial charge in [0.2, 0.25) is 0 Å². The fourth-order valence-electron chi connectivity index (χ4n) is 2.03. The molecule has 1 atom stereocenters. The molecule has 1 aromatic carbocycles. The second-order valence-corrected chi connectivity index (χ2v) is 5.33. The second-order valence-electron chi connectivity index (χ2n) is 5.33. The van der Waals surface area contributed by atoms with Crippen molar-refractivity contribution in [1.29, 1.82) is 0 Å². The molecule has 17 heavy (non-hydrogen) atoms. The zero-order valence-electron chi connectivity index (χ0n) is 11.1. The summed E-state index contributed by atoms with van der Waals surface area (Å²) in [5, 5.41) is 9.51. The highest BCUT2D eigenvalue weighted by Crippen LogP contribution is 2.29. The Bertz CT molecular complexity index is 380. The Balaban J connectivity index is 3.01. The Morgan fingerprint density at radius 1 is 1.24 bits per heavy atom. The Morgan fingerprint density at radius 3 is 2.35 bits per heavy atom. The molecule has 1 aromatic rings. The van der Waals surface area contributed by atoms with Crippen LogP contribution in [-0.2, 0) is 4.79 Å². The molecule has 0 amide bonds. The second kappa shape index (κ2) is 5.85. The first-order chi connectivity index (χ1) is 7.91. The first-order valence-corrected chi connectivity index (χ1v) is 6.24. The number of rotatable bonds is 5. The lowest BCUT2D eigenvalue weighted by molar-refractivity contribution is -0.123. The quantitative estimate of drug-likeness (QED) is 0.842. The first kappa shape index (κ1) is 13.8. The summed E-state index contributed by atoms with van der Waals surface area (Å²) in [6.07, 6.45) is 0.834. The van der Waals surface area contributed by atoms with Crippen LogP contribution >= 0.6 is 0 Å². The van der Waals surface area contributed by atoms with Gasteiger partial charge in [-0.25, -0.2) is 0 Å². The van der Waals surface area contributed by atoms with Crippen molar-refractivity contribution >= 4 is 5.78 Å². The maximum absolute atomic E-state index is 12.2. The molecule has 0 aromatic heterocycles. The Hall–Kier alpha value is -1.31. The maximum Gasteiger partial charge on any atom is 0.142 e. The van der Waals surface area contributed by atoms with Crippen molar-refractivity contribution in [2.45, 2.75) is 40.0 Å². The molecule has 0 saturated carbocycles. The molecule has 94 valence electrons. The topological polar surface area (TPSA) is 37.3 Å². The number of ketones is 1.